The molecule has 0 aliphatic heterocycles. The van der Waals surface area contributed by atoms with Crippen molar-refractivity contribution in [3.63, 3.8) is 0 Å². The fourth-order valence-corrected chi connectivity index (χ4v) is 1.70. The molecule has 0 bridgehead atoms. The summed E-state index contributed by atoms with van der Waals surface area (Å²) in [5.41, 5.74) is 1.88. The second-order valence-electron chi connectivity index (χ2n) is 3.74. The van der Waals surface area contributed by atoms with Gasteiger partial charge in [0.1, 0.15) is 23.4 Å². The molecule has 0 fully saturated rings. The highest BCUT2D eigenvalue weighted by molar-refractivity contribution is 5.67. The largest absolute Gasteiger partial charge is 0.497 e. The first-order chi connectivity index (χ1) is 8.69. The van der Waals surface area contributed by atoms with Crippen LogP contribution in [-0.4, -0.2) is 24.2 Å². The number of H-pyrrole nitrogens is 1. The standard InChI is InChI=1S/C13H13N3O2/c1-8-11(7-14)16-13(15-8)10-6-9(17-2)4-5-12(10)18-3/h4-6H,1-3H3,(H,15,16). The van der Waals surface area contributed by atoms with Gasteiger partial charge in [-0.15, -0.1) is 0 Å². The molecule has 1 N–H and O–H groups in total. The van der Waals surface area contributed by atoms with Gasteiger partial charge in [0, 0.05) is 0 Å². The van der Waals surface area contributed by atoms with Gasteiger partial charge >= 0.3 is 0 Å². The van der Waals surface area contributed by atoms with Crippen LogP contribution in [-0.2, 0) is 0 Å². The number of rotatable bonds is 3. The molecule has 0 atom stereocenters. The number of hydrogen-bond acceptors (Lipinski definition) is 4. The number of aromatic amines is 1. The molecular weight excluding hydrogens is 230 g/mol. The minimum atomic E-state index is 0.384. The predicted molar refractivity (Wildman–Crippen MR) is 66.6 cm³/mol. The Kier molecular flexibility index (Phi) is 3.20. The first-order valence-corrected chi connectivity index (χ1v) is 5.38. The summed E-state index contributed by atoms with van der Waals surface area (Å²) in [6.45, 7) is 1.81. The molecule has 0 spiro atoms. The third-order valence-corrected chi connectivity index (χ3v) is 2.65. The molecule has 2 rings (SSSR count). The van der Waals surface area contributed by atoms with E-state index in [1.165, 1.54) is 0 Å². The molecule has 92 valence electrons. The second-order valence-corrected chi connectivity index (χ2v) is 3.74. The summed E-state index contributed by atoms with van der Waals surface area (Å²) >= 11 is 0. The van der Waals surface area contributed by atoms with E-state index in [1.54, 1.807) is 20.3 Å². The average molecular weight is 243 g/mol. The molecule has 0 unspecified atom stereocenters. The van der Waals surface area contributed by atoms with Crippen LogP contribution in [0.2, 0.25) is 0 Å². The zero-order valence-electron chi connectivity index (χ0n) is 10.4. The quantitative estimate of drug-likeness (QED) is 0.897. The first kappa shape index (κ1) is 12.0. The van der Waals surface area contributed by atoms with Crippen molar-refractivity contribution in [3.8, 4) is 29.0 Å². The van der Waals surface area contributed by atoms with Gasteiger partial charge in [0.05, 0.1) is 25.5 Å². The van der Waals surface area contributed by atoms with Crippen LogP contribution in [0.3, 0.4) is 0 Å². The molecule has 1 aromatic carbocycles. The van der Waals surface area contributed by atoms with Gasteiger partial charge in [0.2, 0.25) is 0 Å². The lowest BCUT2D eigenvalue weighted by Gasteiger charge is -2.08. The topological polar surface area (TPSA) is 70.9 Å². The average Bonchev–Trinajstić information content (AvgIpc) is 2.79. The number of nitrogens with one attached hydrogen (secondary N) is 1. The van der Waals surface area contributed by atoms with Crippen molar-refractivity contribution in [2.75, 3.05) is 14.2 Å². The predicted octanol–water partition coefficient (Wildman–Crippen LogP) is 2.27. The maximum atomic E-state index is 8.92. The van der Waals surface area contributed by atoms with Crippen molar-refractivity contribution in [1.29, 1.82) is 5.26 Å². The second kappa shape index (κ2) is 4.80. The lowest BCUT2D eigenvalue weighted by atomic mass is 10.2. The SMILES string of the molecule is COc1ccc(OC)c(-c2nc(C#N)c(C)[nH]2)c1. The maximum absolute atomic E-state index is 8.92. The van der Waals surface area contributed by atoms with Crippen LogP contribution in [0.25, 0.3) is 11.4 Å². The summed E-state index contributed by atoms with van der Waals surface area (Å²) in [5, 5.41) is 8.92. The molecule has 0 aliphatic carbocycles. The lowest BCUT2D eigenvalue weighted by molar-refractivity contribution is 0.404. The van der Waals surface area contributed by atoms with Gasteiger partial charge in [-0.05, 0) is 25.1 Å². The normalized spacial score (nSPS) is 9.89. The van der Waals surface area contributed by atoms with Crippen LogP contribution in [0.15, 0.2) is 18.2 Å². The summed E-state index contributed by atoms with van der Waals surface area (Å²) in [6, 6.07) is 7.47. The lowest BCUT2D eigenvalue weighted by Crippen LogP contribution is -1.91. The Morgan fingerprint density at radius 2 is 2.06 bits per heavy atom. The molecule has 0 radical (unpaired) electrons. The van der Waals surface area contributed by atoms with E-state index in [9.17, 15) is 0 Å². The molecule has 0 aliphatic rings. The number of nitriles is 1. The van der Waals surface area contributed by atoms with Crippen molar-refractivity contribution >= 4 is 0 Å². The van der Waals surface area contributed by atoms with Gasteiger partial charge in [0.15, 0.2) is 5.69 Å². The van der Waals surface area contributed by atoms with Gasteiger partial charge in [-0.1, -0.05) is 0 Å². The van der Waals surface area contributed by atoms with Gasteiger partial charge in [-0.2, -0.15) is 5.26 Å². The summed E-state index contributed by atoms with van der Waals surface area (Å²) in [4.78, 5) is 7.30. The molecule has 1 aromatic heterocycles. The number of nitrogens with zero attached hydrogens (tertiary/aromatic N) is 2. The molecular formula is C13H13N3O2. The molecule has 2 aromatic rings. The van der Waals surface area contributed by atoms with Gasteiger partial charge in [0.25, 0.3) is 0 Å². The highest BCUT2D eigenvalue weighted by Gasteiger charge is 2.13. The van der Waals surface area contributed by atoms with Gasteiger partial charge < -0.3 is 14.5 Å². The Bertz CT molecular complexity index is 611. The number of aryl methyl sites for hydroxylation is 1. The van der Waals surface area contributed by atoms with E-state index < -0.39 is 0 Å². The van der Waals surface area contributed by atoms with Crippen LogP contribution in [0.1, 0.15) is 11.4 Å². The molecule has 0 saturated carbocycles. The highest BCUT2D eigenvalue weighted by atomic mass is 16.5. The van der Waals surface area contributed by atoms with E-state index >= 15 is 0 Å². The number of imidazole rings is 1. The van der Waals surface area contributed by atoms with E-state index in [-0.39, 0.29) is 0 Å². The number of hydrogen-bond donors (Lipinski definition) is 1. The van der Waals surface area contributed by atoms with Crippen LogP contribution in [0.4, 0.5) is 0 Å². The van der Waals surface area contributed by atoms with Crippen molar-refractivity contribution in [3.05, 3.63) is 29.6 Å². The highest BCUT2D eigenvalue weighted by Crippen LogP contribution is 2.32. The minimum absolute atomic E-state index is 0.384. The number of aromatic nitrogens is 2. The van der Waals surface area contributed by atoms with Crippen molar-refractivity contribution in [2.45, 2.75) is 6.92 Å². The van der Waals surface area contributed by atoms with E-state index in [0.717, 1.165) is 11.3 Å². The zero-order valence-corrected chi connectivity index (χ0v) is 10.4. The number of benzene rings is 1. The molecule has 0 saturated heterocycles. The fourth-order valence-electron chi connectivity index (χ4n) is 1.70. The maximum Gasteiger partial charge on any atom is 0.161 e. The summed E-state index contributed by atoms with van der Waals surface area (Å²) < 4.78 is 10.5. The number of methoxy groups -OCH3 is 2. The Morgan fingerprint density at radius 1 is 1.28 bits per heavy atom. The van der Waals surface area contributed by atoms with E-state index in [4.69, 9.17) is 14.7 Å². The van der Waals surface area contributed by atoms with Crippen LogP contribution in [0, 0.1) is 18.3 Å². The molecule has 5 heteroatoms. The molecule has 0 amide bonds. The van der Waals surface area contributed by atoms with Gasteiger partial charge in [-0.25, -0.2) is 4.98 Å². The van der Waals surface area contributed by atoms with E-state index in [1.807, 2.05) is 25.1 Å². The van der Waals surface area contributed by atoms with E-state index in [0.29, 0.717) is 23.0 Å². The minimum Gasteiger partial charge on any atom is -0.497 e. The van der Waals surface area contributed by atoms with Crippen LogP contribution >= 0.6 is 0 Å². The molecule has 18 heavy (non-hydrogen) atoms. The Balaban J connectivity index is 2.57. The first-order valence-electron chi connectivity index (χ1n) is 5.38. The van der Waals surface area contributed by atoms with Crippen molar-refractivity contribution in [1.82, 2.24) is 9.97 Å². The monoisotopic (exact) mass is 243 g/mol. The fraction of sp³-hybridized carbons (Fsp3) is 0.231. The molecule has 5 nitrogen and oxygen atoms in total. The van der Waals surface area contributed by atoms with Crippen LogP contribution in [0.5, 0.6) is 11.5 Å². The summed E-state index contributed by atoms with van der Waals surface area (Å²) in [7, 11) is 3.19. The molecule has 1 heterocycles. The Labute approximate surface area is 105 Å². The third kappa shape index (κ3) is 2.00. The Morgan fingerprint density at radius 3 is 2.61 bits per heavy atom. The smallest absolute Gasteiger partial charge is 0.161 e. The third-order valence-electron chi connectivity index (χ3n) is 2.65. The summed E-state index contributed by atoms with van der Waals surface area (Å²) in [6.07, 6.45) is 0. The van der Waals surface area contributed by atoms with Gasteiger partial charge in [-0.3, -0.25) is 0 Å². The van der Waals surface area contributed by atoms with Crippen molar-refractivity contribution < 1.29 is 9.47 Å². The number of ether oxygens (including phenoxy) is 2. The van der Waals surface area contributed by atoms with Crippen molar-refractivity contribution in [2.24, 2.45) is 0 Å². The Hall–Kier alpha value is -2.48. The van der Waals surface area contributed by atoms with Crippen LogP contribution < -0.4 is 9.47 Å². The summed E-state index contributed by atoms with van der Waals surface area (Å²) in [5.74, 6) is 1.98. The van der Waals surface area contributed by atoms with E-state index in [2.05, 4.69) is 9.97 Å². The zero-order chi connectivity index (χ0) is 13.1.